The highest BCUT2D eigenvalue weighted by molar-refractivity contribution is 6.16. The number of carboxylic acids is 1. The molecular weight excluding hydrogens is 262 g/mol. The van der Waals surface area contributed by atoms with Crippen LogP contribution in [-0.2, 0) is 14.4 Å². The number of imide groups is 1. The quantitative estimate of drug-likeness (QED) is 0.652. The lowest BCUT2D eigenvalue weighted by molar-refractivity contribution is -0.148. The number of methoxy groups -OCH3 is 1. The van der Waals surface area contributed by atoms with E-state index in [2.05, 4.69) is 0 Å². The van der Waals surface area contributed by atoms with Crippen molar-refractivity contribution in [1.82, 2.24) is 4.90 Å². The van der Waals surface area contributed by atoms with E-state index < -0.39 is 24.3 Å². The van der Waals surface area contributed by atoms with Gasteiger partial charge in [-0.2, -0.15) is 0 Å². The van der Waals surface area contributed by atoms with Gasteiger partial charge in [-0.1, -0.05) is 12.1 Å². The molecule has 0 spiro atoms. The molecule has 1 heterocycles. The molecular formula is C14H13NO5. The lowest BCUT2D eigenvalue weighted by atomic mass is 10.1. The summed E-state index contributed by atoms with van der Waals surface area (Å²) < 4.78 is 5.07. The summed E-state index contributed by atoms with van der Waals surface area (Å²) in [6, 6.07) is 7.03. The summed E-state index contributed by atoms with van der Waals surface area (Å²) in [5.41, 5.74) is 1.00. The SMILES string of the molecule is COc1cccc(/C=C2\CC(=O)N(CC(=O)O)C2=O)c1. The largest absolute Gasteiger partial charge is 0.497 e. The van der Waals surface area contributed by atoms with E-state index in [1.165, 1.54) is 7.11 Å². The van der Waals surface area contributed by atoms with Gasteiger partial charge in [-0.05, 0) is 23.8 Å². The van der Waals surface area contributed by atoms with E-state index in [1.807, 2.05) is 0 Å². The number of carbonyl (C=O) groups excluding carboxylic acids is 2. The van der Waals surface area contributed by atoms with Crippen molar-refractivity contribution in [2.45, 2.75) is 6.42 Å². The first-order chi connectivity index (χ1) is 9.51. The van der Waals surface area contributed by atoms with Crippen molar-refractivity contribution >= 4 is 23.9 Å². The van der Waals surface area contributed by atoms with Crippen molar-refractivity contribution in [3.63, 3.8) is 0 Å². The predicted octanol–water partition coefficient (Wildman–Crippen LogP) is 0.922. The van der Waals surface area contributed by atoms with E-state index >= 15 is 0 Å². The van der Waals surface area contributed by atoms with Crippen LogP contribution in [0.15, 0.2) is 29.8 Å². The van der Waals surface area contributed by atoms with E-state index in [0.29, 0.717) is 5.75 Å². The fourth-order valence-corrected chi connectivity index (χ4v) is 1.96. The Morgan fingerprint density at radius 3 is 2.85 bits per heavy atom. The number of rotatable bonds is 4. The second-order valence-corrected chi connectivity index (χ2v) is 4.30. The van der Waals surface area contributed by atoms with E-state index in [0.717, 1.165) is 10.5 Å². The van der Waals surface area contributed by atoms with E-state index in [1.54, 1.807) is 30.3 Å². The molecule has 2 amide bonds. The third-order valence-corrected chi connectivity index (χ3v) is 2.89. The summed E-state index contributed by atoms with van der Waals surface area (Å²) >= 11 is 0. The number of hydrogen-bond acceptors (Lipinski definition) is 4. The Morgan fingerprint density at radius 2 is 2.20 bits per heavy atom. The molecule has 0 saturated carbocycles. The number of nitrogens with zero attached hydrogens (tertiary/aromatic N) is 1. The van der Waals surface area contributed by atoms with Gasteiger partial charge in [0, 0.05) is 5.57 Å². The van der Waals surface area contributed by atoms with Crippen molar-refractivity contribution in [2.24, 2.45) is 0 Å². The molecule has 104 valence electrons. The molecule has 0 bridgehead atoms. The zero-order valence-corrected chi connectivity index (χ0v) is 10.8. The van der Waals surface area contributed by atoms with Crippen molar-refractivity contribution in [3.05, 3.63) is 35.4 Å². The lowest BCUT2D eigenvalue weighted by Gasteiger charge is -2.09. The van der Waals surface area contributed by atoms with Crippen LogP contribution in [0.2, 0.25) is 0 Å². The topological polar surface area (TPSA) is 83.9 Å². The van der Waals surface area contributed by atoms with Crippen LogP contribution in [0.25, 0.3) is 6.08 Å². The van der Waals surface area contributed by atoms with Gasteiger partial charge >= 0.3 is 5.97 Å². The van der Waals surface area contributed by atoms with Crippen LogP contribution in [0.5, 0.6) is 5.75 Å². The second-order valence-electron chi connectivity index (χ2n) is 4.30. The van der Waals surface area contributed by atoms with Gasteiger partial charge in [0.2, 0.25) is 5.91 Å². The van der Waals surface area contributed by atoms with Crippen molar-refractivity contribution in [3.8, 4) is 5.75 Å². The standard InChI is InChI=1S/C14H13NO5/c1-20-11-4-2-3-9(6-11)5-10-7-12(16)15(14(10)19)8-13(17)18/h2-6H,7-8H2,1H3,(H,17,18)/b10-5+. The molecule has 0 atom stereocenters. The number of carbonyl (C=O) groups is 3. The summed E-state index contributed by atoms with van der Waals surface area (Å²) in [4.78, 5) is 34.9. The van der Waals surface area contributed by atoms with E-state index in [4.69, 9.17) is 9.84 Å². The smallest absolute Gasteiger partial charge is 0.323 e. The zero-order chi connectivity index (χ0) is 14.7. The third-order valence-electron chi connectivity index (χ3n) is 2.89. The van der Waals surface area contributed by atoms with Gasteiger partial charge in [0.15, 0.2) is 0 Å². The van der Waals surface area contributed by atoms with Gasteiger partial charge in [-0.3, -0.25) is 19.3 Å². The summed E-state index contributed by atoms with van der Waals surface area (Å²) in [6.07, 6.45) is 1.49. The van der Waals surface area contributed by atoms with Gasteiger partial charge in [0.05, 0.1) is 13.5 Å². The van der Waals surface area contributed by atoms with Crippen LogP contribution in [-0.4, -0.2) is 41.4 Å². The van der Waals surface area contributed by atoms with Crippen LogP contribution >= 0.6 is 0 Å². The summed E-state index contributed by atoms with van der Waals surface area (Å²) in [6.45, 7) is -0.604. The maximum atomic E-state index is 12.0. The Hall–Kier alpha value is -2.63. The fourth-order valence-electron chi connectivity index (χ4n) is 1.96. The molecule has 1 aliphatic rings. The number of carboxylic acid groups (broad SMARTS) is 1. The molecule has 1 aliphatic heterocycles. The van der Waals surface area contributed by atoms with Crippen LogP contribution in [0.1, 0.15) is 12.0 Å². The van der Waals surface area contributed by atoms with Crippen LogP contribution in [0, 0.1) is 0 Å². The average molecular weight is 275 g/mol. The van der Waals surface area contributed by atoms with Gasteiger partial charge in [0.1, 0.15) is 12.3 Å². The summed E-state index contributed by atoms with van der Waals surface area (Å²) in [5, 5.41) is 8.67. The minimum Gasteiger partial charge on any atom is -0.497 e. The summed E-state index contributed by atoms with van der Waals surface area (Å²) in [7, 11) is 1.53. The zero-order valence-electron chi connectivity index (χ0n) is 10.8. The molecule has 1 aromatic carbocycles. The minimum absolute atomic E-state index is 0.0800. The number of amides is 2. The lowest BCUT2D eigenvalue weighted by Crippen LogP contribution is -2.34. The Labute approximate surface area is 115 Å². The first-order valence-electron chi connectivity index (χ1n) is 5.92. The predicted molar refractivity (Wildman–Crippen MR) is 69.9 cm³/mol. The molecule has 0 aromatic heterocycles. The van der Waals surface area contributed by atoms with Crippen molar-refractivity contribution in [1.29, 1.82) is 0 Å². The monoisotopic (exact) mass is 275 g/mol. The molecule has 1 saturated heterocycles. The van der Waals surface area contributed by atoms with Gasteiger partial charge < -0.3 is 9.84 Å². The number of aliphatic carboxylic acids is 1. The third kappa shape index (κ3) is 2.85. The molecule has 0 aliphatic carbocycles. The maximum Gasteiger partial charge on any atom is 0.323 e. The van der Waals surface area contributed by atoms with Crippen LogP contribution in [0.3, 0.4) is 0 Å². The van der Waals surface area contributed by atoms with Crippen molar-refractivity contribution < 1.29 is 24.2 Å². The van der Waals surface area contributed by atoms with Gasteiger partial charge in [-0.15, -0.1) is 0 Å². The molecule has 20 heavy (non-hydrogen) atoms. The highest BCUT2D eigenvalue weighted by Gasteiger charge is 2.34. The molecule has 6 nitrogen and oxygen atoms in total. The first-order valence-corrected chi connectivity index (χ1v) is 5.92. The number of likely N-dealkylation sites (tertiary alicyclic amines) is 1. The minimum atomic E-state index is -1.21. The van der Waals surface area contributed by atoms with Crippen molar-refractivity contribution in [2.75, 3.05) is 13.7 Å². The normalized spacial score (nSPS) is 16.9. The molecule has 0 unspecified atom stereocenters. The Kier molecular flexibility index (Phi) is 3.84. The average Bonchev–Trinajstić information content (AvgIpc) is 2.66. The molecule has 1 aromatic rings. The van der Waals surface area contributed by atoms with E-state index in [-0.39, 0.29) is 12.0 Å². The van der Waals surface area contributed by atoms with Gasteiger partial charge in [-0.25, -0.2) is 0 Å². The Balaban J connectivity index is 2.25. The fraction of sp³-hybridized carbons (Fsp3) is 0.214. The second kappa shape index (κ2) is 5.56. The Morgan fingerprint density at radius 1 is 1.45 bits per heavy atom. The number of ether oxygens (including phenoxy) is 1. The van der Waals surface area contributed by atoms with Gasteiger partial charge in [0.25, 0.3) is 5.91 Å². The number of hydrogen-bond donors (Lipinski definition) is 1. The highest BCUT2D eigenvalue weighted by Crippen LogP contribution is 2.22. The molecule has 0 radical (unpaired) electrons. The summed E-state index contributed by atoms with van der Waals surface area (Å²) in [5.74, 6) is -1.63. The molecule has 6 heteroatoms. The first kappa shape index (κ1) is 13.8. The number of benzene rings is 1. The van der Waals surface area contributed by atoms with Crippen LogP contribution < -0.4 is 4.74 Å². The molecule has 1 N–H and O–H groups in total. The highest BCUT2D eigenvalue weighted by atomic mass is 16.5. The Bertz CT molecular complexity index is 605. The van der Waals surface area contributed by atoms with E-state index in [9.17, 15) is 14.4 Å². The molecule has 1 fully saturated rings. The maximum absolute atomic E-state index is 12.0. The molecule has 2 rings (SSSR count). The van der Waals surface area contributed by atoms with Crippen LogP contribution in [0.4, 0.5) is 0 Å².